The van der Waals surface area contributed by atoms with E-state index in [9.17, 15) is 0 Å². The van der Waals surface area contributed by atoms with Gasteiger partial charge in [0.2, 0.25) is 0 Å². The van der Waals surface area contributed by atoms with E-state index < -0.39 is 0 Å². The molecule has 6 heteroatoms. The molecule has 0 saturated heterocycles. The highest BCUT2D eigenvalue weighted by Crippen LogP contribution is 2.37. The minimum atomic E-state index is -0.268. The minimum Gasteiger partial charge on any atom is -0.496 e. The number of hydrazine groups is 1. The van der Waals surface area contributed by atoms with E-state index in [0.717, 1.165) is 16.3 Å². The third kappa shape index (κ3) is 2.70. The van der Waals surface area contributed by atoms with E-state index in [0.29, 0.717) is 11.5 Å². The average Bonchev–Trinajstić information content (AvgIpc) is 2.86. The number of aromatic nitrogens is 1. The van der Waals surface area contributed by atoms with Crippen LogP contribution in [0.4, 0.5) is 0 Å². The van der Waals surface area contributed by atoms with Crippen LogP contribution in [0.3, 0.4) is 0 Å². The van der Waals surface area contributed by atoms with Gasteiger partial charge in [0.15, 0.2) is 0 Å². The topological polar surface area (TPSA) is 69.4 Å². The van der Waals surface area contributed by atoms with Crippen molar-refractivity contribution >= 4 is 11.3 Å². The van der Waals surface area contributed by atoms with E-state index in [-0.39, 0.29) is 6.04 Å². The summed E-state index contributed by atoms with van der Waals surface area (Å²) >= 11 is 1.58. The van der Waals surface area contributed by atoms with Crippen LogP contribution in [-0.4, -0.2) is 19.2 Å². The van der Waals surface area contributed by atoms with Gasteiger partial charge in [0.25, 0.3) is 0 Å². The highest BCUT2D eigenvalue weighted by Gasteiger charge is 2.23. The molecule has 0 fully saturated rings. The first-order valence-corrected chi connectivity index (χ1v) is 6.68. The molecule has 1 atom stereocenters. The van der Waals surface area contributed by atoms with Crippen molar-refractivity contribution in [3.05, 3.63) is 39.8 Å². The summed E-state index contributed by atoms with van der Waals surface area (Å²) < 4.78 is 10.8. The standard InChI is InChI=1S/C13H17N3O2S/c1-8-15-9(7-19-8)13(16-14)12-10(17-2)5-4-6-11(12)18-3/h4-7,13,16H,14H2,1-3H3. The number of ether oxygens (including phenoxy) is 2. The van der Waals surface area contributed by atoms with Gasteiger partial charge < -0.3 is 9.47 Å². The Morgan fingerprint density at radius 3 is 2.32 bits per heavy atom. The van der Waals surface area contributed by atoms with Crippen LogP contribution in [0, 0.1) is 6.92 Å². The number of nitrogens with zero attached hydrogens (tertiary/aromatic N) is 1. The summed E-state index contributed by atoms with van der Waals surface area (Å²) in [5.41, 5.74) is 4.48. The summed E-state index contributed by atoms with van der Waals surface area (Å²) in [5, 5.41) is 2.97. The molecule has 0 radical (unpaired) electrons. The Morgan fingerprint density at radius 1 is 1.26 bits per heavy atom. The van der Waals surface area contributed by atoms with Crippen molar-refractivity contribution in [1.82, 2.24) is 10.4 Å². The molecule has 0 spiro atoms. The summed E-state index contributed by atoms with van der Waals surface area (Å²) in [4.78, 5) is 4.47. The van der Waals surface area contributed by atoms with Crippen LogP contribution in [-0.2, 0) is 0 Å². The summed E-state index contributed by atoms with van der Waals surface area (Å²) in [5.74, 6) is 7.13. The first-order chi connectivity index (χ1) is 9.21. The molecule has 0 aliphatic heterocycles. The van der Waals surface area contributed by atoms with Gasteiger partial charge >= 0.3 is 0 Å². The van der Waals surface area contributed by atoms with E-state index in [1.54, 1.807) is 25.6 Å². The average molecular weight is 279 g/mol. The molecule has 0 aliphatic rings. The molecular formula is C13H17N3O2S. The Bertz CT molecular complexity index is 534. The number of methoxy groups -OCH3 is 2. The zero-order valence-electron chi connectivity index (χ0n) is 11.1. The Morgan fingerprint density at radius 2 is 1.89 bits per heavy atom. The van der Waals surface area contributed by atoms with E-state index in [1.165, 1.54) is 0 Å². The second-order valence-corrected chi connectivity index (χ2v) is 5.03. The van der Waals surface area contributed by atoms with Gasteiger partial charge in [0.05, 0.1) is 36.5 Å². The van der Waals surface area contributed by atoms with Crippen LogP contribution in [0.15, 0.2) is 23.6 Å². The molecule has 2 aromatic rings. The quantitative estimate of drug-likeness (QED) is 0.647. The van der Waals surface area contributed by atoms with Crippen LogP contribution in [0.5, 0.6) is 11.5 Å². The third-order valence-electron chi connectivity index (χ3n) is 2.85. The molecule has 0 amide bonds. The summed E-state index contributed by atoms with van der Waals surface area (Å²) in [7, 11) is 3.25. The van der Waals surface area contributed by atoms with Gasteiger partial charge in [-0.15, -0.1) is 11.3 Å². The molecule has 3 N–H and O–H groups in total. The Balaban J connectivity index is 2.53. The predicted octanol–water partition coefficient (Wildman–Crippen LogP) is 2.02. The lowest BCUT2D eigenvalue weighted by Crippen LogP contribution is -2.29. The smallest absolute Gasteiger partial charge is 0.127 e. The van der Waals surface area contributed by atoms with Crippen molar-refractivity contribution < 1.29 is 9.47 Å². The van der Waals surface area contributed by atoms with Crippen LogP contribution in [0.25, 0.3) is 0 Å². The number of thiazole rings is 1. The van der Waals surface area contributed by atoms with Gasteiger partial charge in [-0.05, 0) is 19.1 Å². The second kappa shape index (κ2) is 6.01. The van der Waals surface area contributed by atoms with Crippen LogP contribution in [0.1, 0.15) is 22.3 Å². The number of rotatable bonds is 5. The first kappa shape index (κ1) is 13.8. The van der Waals surface area contributed by atoms with Gasteiger partial charge in [-0.1, -0.05) is 6.07 Å². The highest BCUT2D eigenvalue weighted by atomic mass is 32.1. The summed E-state index contributed by atoms with van der Waals surface area (Å²) in [6, 6.07) is 5.36. The molecule has 1 aromatic carbocycles. The van der Waals surface area contributed by atoms with Crippen molar-refractivity contribution in [2.45, 2.75) is 13.0 Å². The number of hydrogen-bond donors (Lipinski definition) is 2. The largest absolute Gasteiger partial charge is 0.496 e. The maximum absolute atomic E-state index is 5.70. The van der Waals surface area contributed by atoms with Crippen molar-refractivity contribution in [1.29, 1.82) is 0 Å². The number of nitrogens with one attached hydrogen (secondary N) is 1. The zero-order chi connectivity index (χ0) is 13.8. The Hall–Kier alpha value is -1.63. The van der Waals surface area contributed by atoms with Crippen molar-refractivity contribution in [3.8, 4) is 11.5 Å². The van der Waals surface area contributed by atoms with Gasteiger partial charge in [0.1, 0.15) is 11.5 Å². The van der Waals surface area contributed by atoms with Crippen LogP contribution in [0.2, 0.25) is 0 Å². The predicted molar refractivity (Wildman–Crippen MR) is 75.6 cm³/mol. The second-order valence-electron chi connectivity index (χ2n) is 3.97. The number of nitrogens with two attached hydrogens (primary N) is 1. The first-order valence-electron chi connectivity index (χ1n) is 5.80. The van der Waals surface area contributed by atoms with Crippen molar-refractivity contribution in [2.24, 2.45) is 5.84 Å². The monoisotopic (exact) mass is 279 g/mol. The molecule has 1 heterocycles. The molecule has 1 aromatic heterocycles. The minimum absolute atomic E-state index is 0.268. The van der Waals surface area contributed by atoms with Gasteiger partial charge in [-0.25, -0.2) is 10.4 Å². The summed E-state index contributed by atoms with van der Waals surface area (Å²) in [6.45, 7) is 1.96. The lowest BCUT2D eigenvalue weighted by molar-refractivity contribution is 0.376. The molecule has 102 valence electrons. The fraction of sp³-hybridized carbons (Fsp3) is 0.308. The number of hydrogen-bond acceptors (Lipinski definition) is 6. The highest BCUT2D eigenvalue weighted by molar-refractivity contribution is 7.09. The van der Waals surface area contributed by atoms with Crippen molar-refractivity contribution in [2.75, 3.05) is 14.2 Å². The number of benzene rings is 1. The molecule has 0 aliphatic carbocycles. The Labute approximate surface area is 116 Å². The van der Waals surface area contributed by atoms with E-state index in [4.69, 9.17) is 15.3 Å². The molecule has 2 rings (SSSR count). The third-order valence-corrected chi connectivity index (χ3v) is 3.65. The molecule has 1 unspecified atom stereocenters. The van der Waals surface area contributed by atoms with E-state index >= 15 is 0 Å². The summed E-state index contributed by atoms with van der Waals surface area (Å²) in [6.07, 6.45) is 0. The lowest BCUT2D eigenvalue weighted by atomic mass is 10.0. The maximum Gasteiger partial charge on any atom is 0.127 e. The van der Waals surface area contributed by atoms with Crippen LogP contribution < -0.4 is 20.7 Å². The maximum atomic E-state index is 5.70. The molecule has 5 nitrogen and oxygen atoms in total. The van der Waals surface area contributed by atoms with Gasteiger partial charge in [-0.3, -0.25) is 5.84 Å². The molecular weight excluding hydrogens is 262 g/mol. The fourth-order valence-corrected chi connectivity index (χ4v) is 2.63. The SMILES string of the molecule is COc1cccc(OC)c1C(NN)c1csc(C)n1. The zero-order valence-corrected chi connectivity index (χ0v) is 12.0. The number of aryl methyl sites for hydroxylation is 1. The van der Waals surface area contributed by atoms with Gasteiger partial charge in [0, 0.05) is 5.38 Å². The van der Waals surface area contributed by atoms with Gasteiger partial charge in [-0.2, -0.15) is 0 Å². The van der Waals surface area contributed by atoms with Crippen LogP contribution >= 0.6 is 11.3 Å². The molecule has 0 bridgehead atoms. The molecule has 0 saturated carbocycles. The molecule has 19 heavy (non-hydrogen) atoms. The lowest BCUT2D eigenvalue weighted by Gasteiger charge is -2.20. The normalized spacial score (nSPS) is 12.2. The van der Waals surface area contributed by atoms with E-state index in [2.05, 4.69) is 10.4 Å². The van der Waals surface area contributed by atoms with Crippen molar-refractivity contribution in [3.63, 3.8) is 0 Å². The van der Waals surface area contributed by atoms with E-state index in [1.807, 2.05) is 30.5 Å². The fourth-order valence-electron chi connectivity index (χ4n) is 1.99. The Kier molecular flexibility index (Phi) is 4.36.